The van der Waals surface area contributed by atoms with E-state index in [1.54, 1.807) is 67.2 Å². The molecule has 0 aliphatic heterocycles. The number of rotatable bonds is 8. The summed E-state index contributed by atoms with van der Waals surface area (Å²) in [5.41, 5.74) is 13.9. The van der Waals surface area contributed by atoms with E-state index in [-0.39, 0.29) is 18.6 Å². The van der Waals surface area contributed by atoms with Gasteiger partial charge in [-0.25, -0.2) is 0 Å². The van der Waals surface area contributed by atoms with Crippen molar-refractivity contribution in [1.29, 1.82) is 0 Å². The number of hydrogen-bond donors (Lipinski definition) is 0. The summed E-state index contributed by atoms with van der Waals surface area (Å²) in [7, 11) is 10.4. The Kier molecular flexibility index (Phi) is 23.2. The monoisotopic (exact) mass is 837 g/mol. The minimum atomic E-state index is 0. The molecule has 7 aromatic rings. The van der Waals surface area contributed by atoms with Crippen LogP contribution in [0.1, 0.15) is 39.2 Å². The third-order valence-corrected chi connectivity index (χ3v) is 8.68. The van der Waals surface area contributed by atoms with Crippen LogP contribution in [0.3, 0.4) is 0 Å². The summed E-state index contributed by atoms with van der Waals surface area (Å²) in [5, 5.41) is 7.00. The predicted molar refractivity (Wildman–Crippen MR) is 251 cm³/mol. The van der Waals surface area contributed by atoms with E-state index < -0.39 is 0 Å². The van der Waals surface area contributed by atoms with Gasteiger partial charge in [0.1, 0.15) is 11.5 Å². The van der Waals surface area contributed by atoms with Crippen LogP contribution in [0.4, 0.5) is 11.4 Å². The Morgan fingerprint density at radius 2 is 0.783 bits per heavy atom. The van der Waals surface area contributed by atoms with E-state index in [1.165, 1.54) is 27.8 Å². The molecule has 0 saturated heterocycles. The first-order chi connectivity index (χ1) is 28.6. The number of hydrogen-bond acceptors (Lipinski definition) is 4. The quantitative estimate of drug-likeness (QED) is 0.142. The van der Waals surface area contributed by atoms with Gasteiger partial charge < -0.3 is 30.1 Å². The van der Waals surface area contributed by atoms with E-state index >= 15 is 0 Å². The minimum absolute atomic E-state index is 0. The molecule has 7 rings (SSSR count). The fourth-order valence-electron chi connectivity index (χ4n) is 6.02. The van der Waals surface area contributed by atoms with E-state index in [0.717, 1.165) is 56.5 Å². The standard InChI is InChI=1S/2C20H19N2O.C7H8.2C2H6N.V/c2*1-14-7-4-10-17(22-13-16-9-6-12-21-16)19(14)20-15(2)8-5-11-18(20)23-3;1-7-5-3-2-4-6-7;2*1-3-2;/h2*4-13H,1-3H3;2-6H,1H3;2*1-2H3;/q2*-1;;2*-1;+4. The molecule has 0 amide bonds. The topological polar surface area (TPSA) is 99.6 Å². The molecule has 309 valence electrons. The summed E-state index contributed by atoms with van der Waals surface area (Å²) < 4.78 is 11.2. The van der Waals surface area contributed by atoms with Gasteiger partial charge in [-0.1, -0.05) is 109 Å². The SMILES string of the molecule is COc1cccc(C)c1-c1c(C)cccc1N=Cc1ccc[n-]1.COc1cccc(C)c1-c1c(C)cccc1N=Cc1ccc[n-]1.C[N-]C.C[N-]C.Cc1ccccc1.[V+4]. The Hall–Kier alpha value is -5.90. The largest absolute Gasteiger partial charge is 4.00 e. The van der Waals surface area contributed by atoms with Crippen LogP contribution in [0.2, 0.25) is 0 Å². The van der Waals surface area contributed by atoms with Crippen LogP contribution in [-0.2, 0) is 18.6 Å². The second-order valence-electron chi connectivity index (χ2n) is 13.4. The Labute approximate surface area is 370 Å². The molecule has 8 nitrogen and oxygen atoms in total. The van der Waals surface area contributed by atoms with Crippen molar-refractivity contribution in [2.75, 3.05) is 42.4 Å². The maximum Gasteiger partial charge on any atom is 4.00 e. The summed E-state index contributed by atoms with van der Waals surface area (Å²) in [5.74, 6) is 1.73. The Balaban J connectivity index is 0.000000316. The van der Waals surface area contributed by atoms with Crippen molar-refractivity contribution in [2.24, 2.45) is 9.98 Å². The summed E-state index contributed by atoms with van der Waals surface area (Å²) in [6.07, 6.45) is 7.12. The van der Waals surface area contributed by atoms with Gasteiger partial charge in [0.15, 0.2) is 0 Å². The van der Waals surface area contributed by atoms with Gasteiger partial charge in [-0.15, -0.1) is 11.4 Å². The van der Waals surface area contributed by atoms with Crippen molar-refractivity contribution in [3.05, 3.63) is 190 Å². The van der Waals surface area contributed by atoms with Crippen molar-refractivity contribution in [2.45, 2.75) is 34.6 Å². The number of aliphatic imine (C=N–C) groups is 2. The molecule has 60 heavy (non-hydrogen) atoms. The fourth-order valence-corrected chi connectivity index (χ4v) is 6.02. The van der Waals surface area contributed by atoms with Gasteiger partial charge in [0, 0.05) is 34.7 Å². The van der Waals surface area contributed by atoms with E-state index in [4.69, 9.17) is 9.47 Å². The minimum Gasteiger partial charge on any atom is -0.668 e. The molecular weight excluding hydrogens is 780 g/mol. The molecule has 0 saturated carbocycles. The molecule has 2 aromatic heterocycles. The number of aryl methyl sites for hydroxylation is 5. The van der Waals surface area contributed by atoms with Crippen LogP contribution < -0.4 is 19.4 Å². The first kappa shape index (κ1) is 50.2. The number of ether oxygens (including phenoxy) is 2. The third kappa shape index (κ3) is 15.4. The Morgan fingerprint density at radius 3 is 1.08 bits per heavy atom. The number of aromatic nitrogens is 2. The van der Waals surface area contributed by atoms with Crippen molar-refractivity contribution >= 4 is 23.8 Å². The molecule has 0 bridgehead atoms. The normalized spacial score (nSPS) is 10.1. The summed E-state index contributed by atoms with van der Waals surface area (Å²) >= 11 is 0. The molecule has 9 heteroatoms. The van der Waals surface area contributed by atoms with Gasteiger partial charge in [-0.05, 0) is 81.1 Å². The average Bonchev–Trinajstić information content (AvgIpc) is 3.97. The molecule has 0 aliphatic carbocycles. The molecule has 5 aromatic carbocycles. The van der Waals surface area contributed by atoms with Crippen LogP contribution in [0, 0.1) is 34.6 Å². The molecule has 0 atom stereocenters. The van der Waals surface area contributed by atoms with Crippen molar-refractivity contribution in [1.82, 2.24) is 9.97 Å². The Bertz CT molecular complexity index is 2160. The van der Waals surface area contributed by atoms with E-state index in [1.807, 2.05) is 91.0 Å². The molecule has 2 heterocycles. The summed E-state index contributed by atoms with van der Waals surface area (Å²) in [4.78, 5) is 17.8. The van der Waals surface area contributed by atoms with Crippen LogP contribution in [-0.4, -0.2) is 54.8 Å². The van der Waals surface area contributed by atoms with Gasteiger partial charge >= 0.3 is 18.6 Å². The zero-order valence-corrected chi connectivity index (χ0v) is 38.3. The van der Waals surface area contributed by atoms with Crippen LogP contribution >= 0.6 is 0 Å². The van der Waals surface area contributed by atoms with Gasteiger partial charge in [0.25, 0.3) is 0 Å². The van der Waals surface area contributed by atoms with Crippen LogP contribution in [0.25, 0.3) is 32.9 Å². The van der Waals surface area contributed by atoms with Crippen molar-refractivity contribution in [3.63, 3.8) is 0 Å². The van der Waals surface area contributed by atoms with Gasteiger partial charge in [-0.2, -0.15) is 40.6 Å². The molecule has 0 fully saturated rings. The number of benzene rings is 5. The predicted octanol–water partition coefficient (Wildman–Crippen LogP) is 12.6. The molecule has 0 spiro atoms. The smallest absolute Gasteiger partial charge is 0.668 e. The van der Waals surface area contributed by atoms with Gasteiger partial charge in [0.05, 0.1) is 25.6 Å². The third-order valence-electron chi connectivity index (χ3n) is 8.68. The van der Waals surface area contributed by atoms with Gasteiger partial charge in [0.2, 0.25) is 0 Å². The van der Waals surface area contributed by atoms with Gasteiger partial charge in [-0.3, -0.25) is 9.98 Å². The second kappa shape index (κ2) is 27.7. The first-order valence-corrected chi connectivity index (χ1v) is 19.3. The van der Waals surface area contributed by atoms with Crippen LogP contribution in [0.5, 0.6) is 11.5 Å². The van der Waals surface area contributed by atoms with E-state index in [2.05, 4.69) is 102 Å². The average molecular weight is 838 g/mol. The Morgan fingerprint density at radius 1 is 0.433 bits per heavy atom. The summed E-state index contributed by atoms with van der Waals surface area (Å²) in [6.45, 7) is 10.5. The zero-order chi connectivity index (χ0) is 43.0. The van der Waals surface area contributed by atoms with E-state index in [9.17, 15) is 0 Å². The number of methoxy groups -OCH3 is 2. The van der Waals surface area contributed by atoms with E-state index in [0.29, 0.717) is 0 Å². The van der Waals surface area contributed by atoms with Crippen molar-refractivity contribution in [3.8, 4) is 33.8 Å². The number of nitrogens with zero attached hydrogens (tertiary/aromatic N) is 6. The molecule has 1 radical (unpaired) electrons. The molecule has 0 N–H and O–H groups in total. The molecule has 0 unspecified atom stereocenters. The van der Waals surface area contributed by atoms with Crippen molar-refractivity contribution < 1.29 is 28.0 Å². The molecule has 0 aliphatic rings. The fraction of sp³-hybridized carbons (Fsp3) is 0.216. The van der Waals surface area contributed by atoms with Crippen LogP contribution in [0.15, 0.2) is 150 Å². The maximum atomic E-state index is 5.58. The first-order valence-electron chi connectivity index (χ1n) is 19.3. The zero-order valence-electron chi connectivity index (χ0n) is 36.9. The maximum absolute atomic E-state index is 5.58. The second-order valence-corrected chi connectivity index (χ2v) is 13.4. The molecular formula is C51H58N6O2V. The summed E-state index contributed by atoms with van der Waals surface area (Å²) in [6, 6.07) is 42.4.